The van der Waals surface area contributed by atoms with Gasteiger partial charge in [0.15, 0.2) is 5.13 Å². The third-order valence-electron chi connectivity index (χ3n) is 4.10. The SMILES string of the molecule is CCCCN(c1nc(C(C)CC)c(CN)s1)C(C)CC. The lowest BCUT2D eigenvalue weighted by Gasteiger charge is -2.28. The Morgan fingerprint density at radius 3 is 2.40 bits per heavy atom. The number of hydrogen-bond acceptors (Lipinski definition) is 4. The van der Waals surface area contributed by atoms with E-state index in [0.29, 0.717) is 18.5 Å². The van der Waals surface area contributed by atoms with Crippen molar-refractivity contribution >= 4 is 16.5 Å². The normalized spacial score (nSPS) is 14.3. The zero-order valence-corrected chi connectivity index (χ0v) is 14.6. The van der Waals surface area contributed by atoms with Gasteiger partial charge in [-0.05, 0) is 32.1 Å². The second-order valence-electron chi connectivity index (χ2n) is 5.62. The van der Waals surface area contributed by atoms with Crippen molar-refractivity contribution in [2.45, 2.75) is 78.8 Å². The first-order valence-corrected chi connectivity index (χ1v) is 8.86. The van der Waals surface area contributed by atoms with Crippen LogP contribution in [0.4, 0.5) is 5.13 Å². The van der Waals surface area contributed by atoms with E-state index in [1.807, 2.05) is 0 Å². The number of hydrogen-bond donors (Lipinski definition) is 1. The van der Waals surface area contributed by atoms with E-state index in [1.165, 1.54) is 28.5 Å². The van der Waals surface area contributed by atoms with Crippen LogP contribution in [0.1, 0.15) is 76.8 Å². The molecular weight excluding hydrogens is 266 g/mol. The summed E-state index contributed by atoms with van der Waals surface area (Å²) in [5.74, 6) is 0.503. The van der Waals surface area contributed by atoms with Crippen molar-refractivity contribution in [3.8, 4) is 0 Å². The van der Waals surface area contributed by atoms with Gasteiger partial charge in [0.2, 0.25) is 0 Å². The molecule has 0 fully saturated rings. The summed E-state index contributed by atoms with van der Waals surface area (Å²) in [4.78, 5) is 8.67. The number of unbranched alkanes of at least 4 members (excludes halogenated alkanes) is 1. The lowest BCUT2D eigenvalue weighted by Crippen LogP contribution is -2.33. The Balaban J connectivity index is 3.03. The van der Waals surface area contributed by atoms with Gasteiger partial charge in [-0.3, -0.25) is 0 Å². The van der Waals surface area contributed by atoms with Crippen molar-refractivity contribution in [1.29, 1.82) is 0 Å². The molecule has 0 aliphatic rings. The van der Waals surface area contributed by atoms with Crippen molar-refractivity contribution in [2.75, 3.05) is 11.4 Å². The van der Waals surface area contributed by atoms with Gasteiger partial charge in [0.25, 0.3) is 0 Å². The predicted molar refractivity (Wildman–Crippen MR) is 90.7 cm³/mol. The quantitative estimate of drug-likeness (QED) is 0.728. The first kappa shape index (κ1) is 17.4. The van der Waals surface area contributed by atoms with Crippen LogP contribution in [-0.4, -0.2) is 17.6 Å². The Morgan fingerprint density at radius 2 is 1.90 bits per heavy atom. The van der Waals surface area contributed by atoms with E-state index < -0.39 is 0 Å². The fraction of sp³-hybridized carbons (Fsp3) is 0.812. The summed E-state index contributed by atoms with van der Waals surface area (Å²) < 4.78 is 0. The molecule has 0 saturated heterocycles. The minimum absolute atomic E-state index is 0.503. The lowest BCUT2D eigenvalue weighted by atomic mass is 10.0. The van der Waals surface area contributed by atoms with Crippen molar-refractivity contribution in [3.63, 3.8) is 0 Å². The molecular formula is C16H31N3S. The molecule has 0 aromatic carbocycles. The Bertz CT molecular complexity index is 389. The van der Waals surface area contributed by atoms with E-state index in [-0.39, 0.29) is 0 Å². The number of rotatable bonds is 9. The molecule has 1 aromatic rings. The van der Waals surface area contributed by atoms with E-state index >= 15 is 0 Å². The highest BCUT2D eigenvalue weighted by Crippen LogP contribution is 2.33. The second-order valence-corrected chi connectivity index (χ2v) is 6.68. The summed E-state index contributed by atoms with van der Waals surface area (Å²) in [6.07, 6.45) is 4.72. The fourth-order valence-electron chi connectivity index (χ4n) is 2.25. The molecule has 1 heterocycles. The smallest absolute Gasteiger partial charge is 0.186 e. The summed E-state index contributed by atoms with van der Waals surface area (Å²) in [7, 11) is 0. The van der Waals surface area contributed by atoms with Gasteiger partial charge in [-0.2, -0.15) is 0 Å². The first-order valence-electron chi connectivity index (χ1n) is 8.05. The Kier molecular flexibility index (Phi) is 7.52. The fourth-order valence-corrected chi connectivity index (χ4v) is 3.44. The summed E-state index contributed by atoms with van der Waals surface area (Å²) in [5.41, 5.74) is 7.14. The molecule has 0 aliphatic carbocycles. The van der Waals surface area contributed by atoms with E-state index in [1.54, 1.807) is 11.3 Å². The van der Waals surface area contributed by atoms with Crippen molar-refractivity contribution in [1.82, 2.24) is 4.98 Å². The van der Waals surface area contributed by atoms with Crippen LogP contribution in [0.3, 0.4) is 0 Å². The van der Waals surface area contributed by atoms with Gasteiger partial charge in [0.1, 0.15) is 0 Å². The van der Waals surface area contributed by atoms with Crippen molar-refractivity contribution in [3.05, 3.63) is 10.6 Å². The van der Waals surface area contributed by atoms with E-state index in [9.17, 15) is 0 Å². The standard InChI is InChI=1S/C16H31N3S/c1-6-9-10-19(13(5)8-3)16-18-15(12(4)7-2)14(11-17)20-16/h12-13H,6-11,17H2,1-5H3. The second kappa shape index (κ2) is 8.63. The van der Waals surface area contributed by atoms with Gasteiger partial charge in [-0.25, -0.2) is 4.98 Å². The maximum Gasteiger partial charge on any atom is 0.186 e. The van der Waals surface area contributed by atoms with E-state index in [4.69, 9.17) is 10.7 Å². The molecule has 0 amide bonds. The van der Waals surface area contributed by atoms with Gasteiger partial charge in [-0.1, -0.05) is 34.1 Å². The molecule has 0 aliphatic heterocycles. The number of nitrogens with zero attached hydrogens (tertiary/aromatic N) is 2. The number of aromatic nitrogens is 1. The van der Waals surface area contributed by atoms with Crippen LogP contribution in [0.5, 0.6) is 0 Å². The molecule has 3 nitrogen and oxygen atoms in total. The third kappa shape index (κ3) is 4.19. The lowest BCUT2D eigenvalue weighted by molar-refractivity contribution is 0.592. The molecule has 1 rings (SSSR count). The van der Waals surface area contributed by atoms with Crippen molar-refractivity contribution in [2.24, 2.45) is 5.73 Å². The zero-order chi connectivity index (χ0) is 15.1. The molecule has 20 heavy (non-hydrogen) atoms. The number of thiazole rings is 1. The van der Waals surface area contributed by atoms with Crippen LogP contribution >= 0.6 is 11.3 Å². The highest BCUT2D eigenvalue weighted by Gasteiger charge is 2.21. The van der Waals surface area contributed by atoms with Gasteiger partial charge in [-0.15, -0.1) is 11.3 Å². The average Bonchev–Trinajstić information content (AvgIpc) is 2.90. The van der Waals surface area contributed by atoms with Crippen LogP contribution in [0.2, 0.25) is 0 Å². The number of anilines is 1. The van der Waals surface area contributed by atoms with Crippen LogP contribution in [-0.2, 0) is 6.54 Å². The predicted octanol–water partition coefficient (Wildman–Crippen LogP) is 4.52. The Labute approximate surface area is 128 Å². The molecule has 0 bridgehead atoms. The van der Waals surface area contributed by atoms with Crippen LogP contribution < -0.4 is 10.6 Å². The maximum absolute atomic E-state index is 5.92. The molecule has 2 N–H and O–H groups in total. The van der Waals surface area contributed by atoms with Crippen LogP contribution in [0, 0.1) is 0 Å². The van der Waals surface area contributed by atoms with Crippen LogP contribution in [0.15, 0.2) is 0 Å². The third-order valence-corrected chi connectivity index (χ3v) is 5.23. The summed E-state index contributed by atoms with van der Waals surface area (Å²) in [6.45, 7) is 13.0. The molecule has 0 spiro atoms. The highest BCUT2D eigenvalue weighted by molar-refractivity contribution is 7.15. The monoisotopic (exact) mass is 297 g/mol. The molecule has 0 saturated carbocycles. The largest absolute Gasteiger partial charge is 0.345 e. The number of nitrogens with two attached hydrogens (primary N) is 1. The van der Waals surface area contributed by atoms with Gasteiger partial charge >= 0.3 is 0 Å². The van der Waals surface area contributed by atoms with Crippen molar-refractivity contribution < 1.29 is 0 Å². The zero-order valence-electron chi connectivity index (χ0n) is 13.8. The van der Waals surface area contributed by atoms with E-state index in [0.717, 1.165) is 19.4 Å². The Morgan fingerprint density at radius 1 is 1.20 bits per heavy atom. The molecule has 0 radical (unpaired) electrons. The maximum atomic E-state index is 5.92. The average molecular weight is 298 g/mol. The summed E-state index contributed by atoms with van der Waals surface area (Å²) in [6, 6.07) is 0.545. The van der Waals surface area contributed by atoms with Gasteiger partial charge in [0, 0.05) is 24.0 Å². The molecule has 2 unspecified atom stereocenters. The molecule has 4 heteroatoms. The van der Waals surface area contributed by atoms with Crippen LogP contribution in [0.25, 0.3) is 0 Å². The van der Waals surface area contributed by atoms with E-state index in [2.05, 4.69) is 39.5 Å². The Hall–Kier alpha value is -0.610. The molecule has 2 atom stereocenters. The molecule has 116 valence electrons. The minimum atomic E-state index is 0.503. The first-order chi connectivity index (χ1) is 9.58. The molecule has 1 aromatic heterocycles. The van der Waals surface area contributed by atoms with Gasteiger partial charge in [0.05, 0.1) is 5.69 Å². The topological polar surface area (TPSA) is 42.2 Å². The summed E-state index contributed by atoms with van der Waals surface area (Å²) >= 11 is 1.80. The van der Waals surface area contributed by atoms with Gasteiger partial charge < -0.3 is 10.6 Å². The highest BCUT2D eigenvalue weighted by atomic mass is 32.1. The minimum Gasteiger partial charge on any atom is -0.345 e. The summed E-state index contributed by atoms with van der Waals surface area (Å²) in [5, 5.41) is 1.17.